The quantitative estimate of drug-likeness (QED) is 0.833. The van der Waals surface area contributed by atoms with Crippen molar-refractivity contribution >= 4 is 27.1 Å². The van der Waals surface area contributed by atoms with Gasteiger partial charge in [-0.1, -0.05) is 25.3 Å². The number of nitrogens with one attached hydrogen (secondary N) is 1. The van der Waals surface area contributed by atoms with Crippen molar-refractivity contribution in [1.29, 1.82) is 0 Å². The molecule has 0 spiro atoms. The molecule has 7 heteroatoms. The minimum absolute atomic E-state index is 0.0303. The van der Waals surface area contributed by atoms with Crippen LogP contribution in [0, 0.1) is 0 Å². The molecule has 2 heterocycles. The summed E-state index contributed by atoms with van der Waals surface area (Å²) in [5.41, 5.74) is 0. The Bertz CT molecular complexity index is 637. The molecule has 2 fully saturated rings. The first-order chi connectivity index (χ1) is 11.5. The maximum atomic E-state index is 12.5. The van der Waals surface area contributed by atoms with Gasteiger partial charge in [-0.3, -0.25) is 9.69 Å². The molecular weight excluding hydrogens is 344 g/mol. The molecular formula is C17H26N2O3S2. The fourth-order valence-corrected chi connectivity index (χ4v) is 6.18. The lowest BCUT2D eigenvalue weighted by atomic mass is 9.95. The van der Waals surface area contributed by atoms with Crippen molar-refractivity contribution in [3.05, 3.63) is 22.4 Å². The fourth-order valence-electron chi connectivity index (χ4n) is 3.68. The van der Waals surface area contributed by atoms with Crippen molar-refractivity contribution in [1.82, 2.24) is 10.2 Å². The molecule has 3 rings (SSSR count). The molecule has 1 saturated carbocycles. The second-order valence-corrected chi connectivity index (χ2v) is 10.2. The van der Waals surface area contributed by atoms with E-state index in [0.717, 1.165) is 12.8 Å². The maximum absolute atomic E-state index is 12.5. The zero-order valence-corrected chi connectivity index (χ0v) is 15.6. The van der Waals surface area contributed by atoms with Gasteiger partial charge in [-0.05, 0) is 30.7 Å². The predicted molar refractivity (Wildman–Crippen MR) is 96.8 cm³/mol. The second-order valence-electron chi connectivity index (χ2n) is 6.94. The summed E-state index contributed by atoms with van der Waals surface area (Å²) in [6, 6.07) is 4.28. The lowest BCUT2D eigenvalue weighted by Crippen LogP contribution is -2.46. The van der Waals surface area contributed by atoms with Crippen molar-refractivity contribution < 1.29 is 13.2 Å². The van der Waals surface area contributed by atoms with Crippen LogP contribution in [0.3, 0.4) is 0 Å². The Morgan fingerprint density at radius 3 is 2.67 bits per heavy atom. The van der Waals surface area contributed by atoms with Crippen molar-refractivity contribution in [2.45, 2.75) is 57.2 Å². The number of carbonyl (C=O) groups is 1. The predicted octanol–water partition coefficient (Wildman–Crippen LogP) is 2.19. The van der Waals surface area contributed by atoms with E-state index in [0.29, 0.717) is 19.0 Å². The van der Waals surface area contributed by atoms with Crippen molar-refractivity contribution in [2.75, 3.05) is 18.1 Å². The molecule has 2 aliphatic rings. The first-order valence-corrected chi connectivity index (χ1v) is 11.5. The highest BCUT2D eigenvalue weighted by atomic mass is 32.2. The van der Waals surface area contributed by atoms with Crippen molar-refractivity contribution in [3.8, 4) is 0 Å². The van der Waals surface area contributed by atoms with Crippen LogP contribution in [-0.2, 0) is 21.2 Å². The molecule has 1 atom stereocenters. The number of rotatable bonds is 6. The van der Waals surface area contributed by atoms with Gasteiger partial charge in [0.15, 0.2) is 9.84 Å². The number of amides is 1. The first-order valence-electron chi connectivity index (χ1n) is 8.78. The number of carbonyl (C=O) groups excluding carboxylic acids is 1. The van der Waals surface area contributed by atoms with E-state index in [-0.39, 0.29) is 30.0 Å². The number of thiophene rings is 1. The van der Waals surface area contributed by atoms with E-state index >= 15 is 0 Å². The summed E-state index contributed by atoms with van der Waals surface area (Å²) in [5, 5.41) is 5.16. The van der Waals surface area contributed by atoms with E-state index in [4.69, 9.17) is 0 Å². The average Bonchev–Trinajstić information content (AvgIpc) is 3.17. The monoisotopic (exact) mass is 370 g/mol. The van der Waals surface area contributed by atoms with Gasteiger partial charge in [-0.2, -0.15) is 0 Å². The summed E-state index contributed by atoms with van der Waals surface area (Å²) in [5.74, 6) is 0.445. The van der Waals surface area contributed by atoms with Gasteiger partial charge in [0.1, 0.15) is 0 Å². The maximum Gasteiger partial charge on any atom is 0.234 e. The Hall–Kier alpha value is -0.920. The zero-order valence-electron chi connectivity index (χ0n) is 13.9. The molecule has 1 N–H and O–H groups in total. The van der Waals surface area contributed by atoms with E-state index in [2.05, 4.69) is 10.2 Å². The Morgan fingerprint density at radius 2 is 2.04 bits per heavy atom. The molecule has 0 bridgehead atoms. The Balaban J connectivity index is 1.61. The van der Waals surface area contributed by atoms with Crippen LogP contribution in [0.25, 0.3) is 0 Å². The van der Waals surface area contributed by atoms with E-state index < -0.39 is 9.84 Å². The number of hydrogen-bond donors (Lipinski definition) is 1. The minimum Gasteiger partial charge on any atom is -0.352 e. The smallest absolute Gasteiger partial charge is 0.234 e. The fraction of sp³-hybridized carbons (Fsp3) is 0.706. The van der Waals surface area contributed by atoms with Crippen LogP contribution in [0.2, 0.25) is 0 Å². The highest BCUT2D eigenvalue weighted by Crippen LogP contribution is 2.22. The van der Waals surface area contributed by atoms with Crippen LogP contribution < -0.4 is 5.32 Å². The first kappa shape index (κ1) is 17.9. The topological polar surface area (TPSA) is 66.5 Å². The van der Waals surface area contributed by atoms with Crippen LogP contribution in [0.1, 0.15) is 43.4 Å². The normalized spacial score (nSPS) is 24.3. The van der Waals surface area contributed by atoms with Gasteiger partial charge in [0.25, 0.3) is 0 Å². The number of hydrogen-bond acceptors (Lipinski definition) is 5. The van der Waals surface area contributed by atoms with Gasteiger partial charge in [-0.15, -0.1) is 11.3 Å². The van der Waals surface area contributed by atoms with E-state index in [1.807, 2.05) is 17.5 Å². The molecule has 1 aliphatic carbocycles. The lowest BCUT2D eigenvalue weighted by Gasteiger charge is -2.29. The molecule has 24 heavy (non-hydrogen) atoms. The molecule has 1 aromatic rings. The number of nitrogens with zero attached hydrogens (tertiary/aromatic N) is 1. The van der Waals surface area contributed by atoms with Crippen LogP contribution in [0.15, 0.2) is 17.5 Å². The Kier molecular flexibility index (Phi) is 5.94. The van der Waals surface area contributed by atoms with E-state index in [1.54, 1.807) is 11.3 Å². The third-order valence-electron chi connectivity index (χ3n) is 4.98. The summed E-state index contributed by atoms with van der Waals surface area (Å²) >= 11 is 1.65. The standard InChI is InChI=1S/C17H26N2O3S2/c20-17(18-14-5-2-1-3-6-14)12-19(11-16-7-4-9-23-16)15-8-10-24(21,22)13-15/h4,7,9,14-15H,1-3,5-6,8,10-13H2,(H,18,20)/t15-/m1/s1. The molecule has 0 aromatic carbocycles. The minimum atomic E-state index is -2.95. The van der Waals surface area contributed by atoms with Gasteiger partial charge in [0.05, 0.1) is 18.1 Å². The second kappa shape index (κ2) is 7.97. The van der Waals surface area contributed by atoms with Gasteiger partial charge < -0.3 is 5.32 Å². The molecule has 1 saturated heterocycles. The van der Waals surface area contributed by atoms with Crippen LogP contribution >= 0.6 is 11.3 Å². The van der Waals surface area contributed by atoms with E-state index in [9.17, 15) is 13.2 Å². The third-order valence-corrected chi connectivity index (χ3v) is 7.59. The summed E-state index contributed by atoms with van der Waals surface area (Å²) in [4.78, 5) is 15.7. The van der Waals surface area contributed by atoms with Crippen molar-refractivity contribution in [3.63, 3.8) is 0 Å². The molecule has 1 aliphatic heterocycles. The molecule has 1 amide bonds. The average molecular weight is 371 g/mol. The largest absolute Gasteiger partial charge is 0.352 e. The Labute approximate surface area is 148 Å². The summed E-state index contributed by atoms with van der Waals surface area (Å²) in [6.45, 7) is 0.935. The van der Waals surface area contributed by atoms with Crippen LogP contribution in [0.4, 0.5) is 0 Å². The molecule has 5 nitrogen and oxygen atoms in total. The van der Waals surface area contributed by atoms with Crippen LogP contribution in [-0.4, -0.2) is 49.4 Å². The molecule has 1 aromatic heterocycles. The Morgan fingerprint density at radius 1 is 1.25 bits per heavy atom. The highest BCUT2D eigenvalue weighted by Gasteiger charge is 2.33. The zero-order chi connectivity index (χ0) is 17.0. The molecule has 134 valence electrons. The van der Waals surface area contributed by atoms with Crippen molar-refractivity contribution in [2.24, 2.45) is 0 Å². The van der Waals surface area contributed by atoms with E-state index in [1.165, 1.54) is 24.1 Å². The lowest BCUT2D eigenvalue weighted by molar-refractivity contribution is -0.123. The summed E-state index contributed by atoms with van der Waals surface area (Å²) in [6.07, 6.45) is 6.39. The molecule has 0 unspecified atom stereocenters. The van der Waals surface area contributed by atoms with Gasteiger partial charge in [-0.25, -0.2) is 8.42 Å². The summed E-state index contributed by atoms with van der Waals surface area (Å²) < 4.78 is 23.7. The highest BCUT2D eigenvalue weighted by molar-refractivity contribution is 7.91. The number of sulfone groups is 1. The SMILES string of the molecule is O=C(CN(Cc1cccs1)[C@@H]1CCS(=O)(=O)C1)NC1CCCCC1. The van der Waals surface area contributed by atoms with Gasteiger partial charge in [0, 0.05) is 23.5 Å². The van der Waals surface area contributed by atoms with Crippen LogP contribution in [0.5, 0.6) is 0 Å². The summed E-state index contributed by atoms with van der Waals surface area (Å²) in [7, 11) is -2.95. The third kappa shape index (κ3) is 5.04. The molecule has 0 radical (unpaired) electrons. The van der Waals surface area contributed by atoms with Gasteiger partial charge in [0.2, 0.25) is 5.91 Å². The van der Waals surface area contributed by atoms with Gasteiger partial charge >= 0.3 is 0 Å².